The molecule has 0 aliphatic carbocycles. The lowest BCUT2D eigenvalue weighted by atomic mass is 10.1. The third-order valence-electron chi connectivity index (χ3n) is 6.14. The first-order valence-corrected chi connectivity index (χ1v) is 11.0. The van der Waals surface area contributed by atoms with Crippen molar-refractivity contribution in [2.24, 2.45) is 5.92 Å². The minimum absolute atomic E-state index is 0.114. The van der Waals surface area contributed by atoms with Crippen LogP contribution >= 0.6 is 0 Å². The van der Waals surface area contributed by atoms with Crippen molar-refractivity contribution in [3.8, 4) is 0 Å². The van der Waals surface area contributed by atoms with Gasteiger partial charge in [0.05, 0.1) is 6.54 Å². The van der Waals surface area contributed by atoms with Crippen LogP contribution in [0.25, 0.3) is 0 Å². The highest BCUT2D eigenvalue weighted by Gasteiger charge is 2.23. The van der Waals surface area contributed by atoms with Crippen molar-refractivity contribution >= 4 is 17.3 Å². The first-order chi connectivity index (χ1) is 14.7. The molecule has 2 aromatic rings. The molecule has 6 heteroatoms. The number of amides is 1. The van der Waals surface area contributed by atoms with Crippen LogP contribution in [0.1, 0.15) is 12.8 Å². The number of para-hydroxylation sites is 1. The molecule has 2 aliphatic rings. The van der Waals surface area contributed by atoms with E-state index >= 15 is 0 Å². The smallest absolute Gasteiger partial charge is 0.234 e. The van der Waals surface area contributed by atoms with Crippen molar-refractivity contribution in [2.45, 2.75) is 12.8 Å². The molecular weight excluding hydrogens is 379 g/mol. The third-order valence-corrected chi connectivity index (χ3v) is 6.14. The standard InChI is InChI=1S/C24H31FN4O/c25-21-7-9-23(10-8-21)28-13-4-12-27(15-16-28)19-24(30)26-17-20-11-14-29(18-20)22-5-2-1-3-6-22/h1-3,5-10,20H,4,11-19H2,(H,26,30). The van der Waals surface area contributed by atoms with E-state index in [1.165, 1.54) is 17.8 Å². The van der Waals surface area contributed by atoms with Crippen LogP contribution in [0, 0.1) is 11.7 Å². The van der Waals surface area contributed by atoms with Crippen molar-refractivity contribution in [3.63, 3.8) is 0 Å². The van der Waals surface area contributed by atoms with E-state index in [1.807, 2.05) is 18.2 Å². The van der Waals surface area contributed by atoms with Crippen LogP contribution in [0.3, 0.4) is 0 Å². The maximum Gasteiger partial charge on any atom is 0.234 e. The van der Waals surface area contributed by atoms with Crippen LogP contribution < -0.4 is 15.1 Å². The Bertz CT molecular complexity index is 814. The number of nitrogens with zero attached hydrogens (tertiary/aromatic N) is 3. The first-order valence-electron chi connectivity index (χ1n) is 11.0. The summed E-state index contributed by atoms with van der Waals surface area (Å²) in [4.78, 5) is 19.4. The van der Waals surface area contributed by atoms with Gasteiger partial charge in [0.25, 0.3) is 0 Å². The predicted octanol–water partition coefficient (Wildman–Crippen LogP) is 2.98. The average Bonchev–Trinajstić information content (AvgIpc) is 3.13. The molecule has 1 unspecified atom stereocenters. The summed E-state index contributed by atoms with van der Waals surface area (Å²) in [6.45, 7) is 6.79. The van der Waals surface area contributed by atoms with E-state index in [9.17, 15) is 9.18 Å². The molecule has 4 rings (SSSR count). The summed E-state index contributed by atoms with van der Waals surface area (Å²) in [5, 5.41) is 3.15. The molecule has 1 N–H and O–H groups in total. The molecule has 1 atom stereocenters. The molecule has 1 amide bonds. The molecule has 2 heterocycles. The lowest BCUT2D eigenvalue weighted by Gasteiger charge is -2.23. The molecular formula is C24H31FN4O. The number of carbonyl (C=O) groups is 1. The first kappa shape index (κ1) is 20.7. The fourth-order valence-electron chi connectivity index (χ4n) is 4.43. The van der Waals surface area contributed by atoms with Gasteiger partial charge in [-0.15, -0.1) is 0 Å². The van der Waals surface area contributed by atoms with Crippen molar-refractivity contribution in [3.05, 3.63) is 60.4 Å². The second kappa shape index (κ2) is 9.94. The molecule has 0 aromatic heterocycles. The normalized spacial score (nSPS) is 20.2. The summed E-state index contributed by atoms with van der Waals surface area (Å²) < 4.78 is 13.2. The monoisotopic (exact) mass is 410 g/mol. The van der Waals surface area contributed by atoms with Gasteiger partial charge in [0.2, 0.25) is 5.91 Å². The molecule has 2 fully saturated rings. The van der Waals surface area contributed by atoms with Gasteiger partial charge in [-0.25, -0.2) is 4.39 Å². The predicted molar refractivity (Wildman–Crippen MR) is 119 cm³/mol. The van der Waals surface area contributed by atoms with E-state index in [-0.39, 0.29) is 11.7 Å². The van der Waals surface area contributed by atoms with E-state index in [0.29, 0.717) is 12.5 Å². The molecule has 2 aromatic carbocycles. The summed E-state index contributed by atoms with van der Waals surface area (Å²) in [5.74, 6) is 0.414. The van der Waals surface area contributed by atoms with Gasteiger partial charge < -0.3 is 15.1 Å². The van der Waals surface area contributed by atoms with Gasteiger partial charge in [-0.2, -0.15) is 0 Å². The van der Waals surface area contributed by atoms with Gasteiger partial charge in [0, 0.05) is 57.2 Å². The van der Waals surface area contributed by atoms with Crippen molar-refractivity contribution in [1.82, 2.24) is 10.2 Å². The van der Waals surface area contributed by atoms with Gasteiger partial charge in [-0.1, -0.05) is 18.2 Å². The Morgan fingerprint density at radius 3 is 2.47 bits per heavy atom. The van der Waals surface area contributed by atoms with Gasteiger partial charge in [-0.05, 0) is 55.2 Å². The zero-order chi connectivity index (χ0) is 20.8. The highest BCUT2D eigenvalue weighted by molar-refractivity contribution is 5.78. The van der Waals surface area contributed by atoms with E-state index in [4.69, 9.17) is 0 Å². The lowest BCUT2D eigenvalue weighted by molar-refractivity contribution is -0.122. The average molecular weight is 411 g/mol. The lowest BCUT2D eigenvalue weighted by Crippen LogP contribution is -2.41. The Labute approximate surface area is 178 Å². The van der Waals surface area contributed by atoms with E-state index in [1.54, 1.807) is 0 Å². The Morgan fingerprint density at radius 1 is 0.900 bits per heavy atom. The molecule has 160 valence electrons. The van der Waals surface area contributed by atoms with Crippen LogP contribution in [0.4, 0.5) is 15.8 Å². The van der Waals surface area contributed by atoms with E-state index in [0.717, 1.165) is 64.3 Å². The second-order valence-corrected chi connectivity index (χ2v) is 8.33. The van der Waals surface area contributed by atoms with E-state index in [2.05, 4.69) is 44.3 Å². The molecule has 2 aliphatic heterocycles. The van der Waals surface area contributed by atoms with E-state index < -0.39 is 0 Å². The number of hydrogen-bond acceptors (Lipinski definition) is 4. The van der Waals surface area contributed by atoms with Crippen LogP contribution in [0.5, 0.6) is 0 Å². The highest BCUT2D eigenvalue weighted by Crippen LogP contribution is 2.23. The molecule has 0 radical (unpaired) electrons. The maximum absolute atomic E-state index is 13.2. The second-order valence-electron chi connectivity index (χ2n) is 8.33. The van der Waals surface area contributed by atoms with Crippen LogP contribution in [-0.2, 0) is 4.79 Å². The zero-order valence-corrected chi connectivity index (χ0v) is 17.5. The Balaban J connectivity index is 1.19. The summed E-state index contributed by atoms with van der Waals surface area (Å²) in [5.41, 5.74) is 2.31. The summed E-state index contributed by atoms with van der Waals surface area (Å²) in [6, 6.07) is 17.2. The van der Waals surface area contributed by atoms with Gasteiger partial charge in [0.1, 0.15) is 5.82 Å². The minimum Gasteiger partial charge on any atom is -0.371 e. The number of anilines is 2. The fraction of sp³-hybridized carbons (Fsp3) is 0.458. The minimum atomic E-state index is -0.207. The van der Waals surface area contributed by atoms with Gasteiger partial charge in [0.15, 0.2) is 0 Å². The molecule has 2 saturated heterocycles. The molecule has 0 bridgehead atoms. The molecule has 0 saturated carbocycles. The number of hydrogen-bond donors (Lipinski definition) is 1. The summed E-state index contributed by atoms with van der Waals surface area (Å²) in [6.07, 6.45) is 2.12. The molecule has 30 heavy (non-hydrogen) atoms. The molecule has 5 nitrogen and oxygen atoms in total. The number of nitrogens with one attached hydrogen (secondary N) is 1. The topological polar surface area (TPSA) is 38.8 Å². The highest BCUT2D eigenvalue weighted by atomic mass is 19.1. The van der Waals surface area contributed by atoms with Crippen molar-refractivity contribution < 1.29 is 9.18 Å². The maximum atomic E-state index is 13.2. The quantitative estimate of drug-likeness (QED) is 0.795. The largest absolute Gasteiger partial charge is 0.371 e. The third kappa shape index (κ3) is 5.51. The van der Waals surface area contributed by atoms with Crippen molar-refractivity contribution in [2.75, 3.05) is 62.2 Å². The fourth-order valence-corrected chi connectivity index (χ4v) is 4.43. The van der Waals surface area contributed by atoms with Crippen LogP contribution in [0.15, 0.2) is 54.6 Å². The summed E-state index contributed by atoms with van der Waals surface area (Å²) in [7, 11) is 0. The van der Waals surface area contributed by atoms with Gasteiger partial charge >= 0.3 is 0 Å². The number of rotatable bonds is 6. The Kier molecular flexibility index (Phi) is 6.84. The Morgan fingerprint density at radius 2 is 1.67 bits per heavy atom. The SMILES string of the molecule is O=C(CN1CCCN(c2ccc(F)cc2)CC1)NCC1CCN(c2ccccc2)C1. The van der Waals surface area contributed by atoms with Crippen LogP contribution in [-0.4, -0.2) is 63.2 Å². The molecule has 0 spiro atoms. The van der Waals surface area contributed by atoms with Gasteiger partial charge in [-0.3, -0.25) is 9.69 Å². The van der Waals surface area contributed by atoms with Crippen LogP contribution in [0.2, 0.25) is 0 Å². The summed E-state index contributed by atoms with van der Waals surface area (Å²) >= 11 is 0. The zero-order valence-electron chi connectivity index (χ0n) is 17.5. The Hall–Kier alpha value is -2.60. The number of carbonyl (C=O) groups excluding carboxylic acids is 1. The number of halogens is 1. The number of benzene rings is 2. The van der Waals surface area contributed by atoms with Crippen molar-refractivity contribution in [1.29, 1.82) is 0 Å².